The minimum atomic E-state index is -0.570. The lowest BCUT2D eigenvalue weighted by molar-refractivity contribution is 0.514. The average molecular weight is 265 g/mol. The Bertz CT molecular complexity index is 531. The Kier molecular flexibility index (Phi) is 4.32. The third kappa shape index (κ3) is 3.20. The van der Waals surface area contributed by atoms with Gasteiger partial charge in [-0.3, -0.25) is 0 Å². The van der Waals surface area contributed by atoms with Crippen LogP contribution in [0.25, 0.3) is 0 Å². The van der Waals surface area contributed by atoms with Crippen LogP contribution in [0.2, 0.25) is 0 Å². The molecule has 0 aliphatic carbocycles. The van der Waals surface area contributed by atoms with Crippen LogP contribution in [0.15, 0.2) is 34.9 Å². The highest BCUT2D eigenvalue weighted by atomic mass is 19.1. The molecule has 0 amide bonds. The van der Waals surface area contributed by atoms with E-state index < -0.39 is 11.6 Å². The maximum Gasteiger partial charge on any atom is 0.126 e. The molecule has 1 unspecified atom stereocenters. The summed E-state index contributed by atoms with van der Waals surface area (Å²) in [4.78, 5) is 0. The summed E-state index contributed by atoms with van der Waals surface area (Å²) >= 11 is 0. The SMILES string of the molecule is CCCNC(c1cc(F)cc(F)c1)c1ccoc1C. The molecule has 4 heteroatoms. The minimum absolute atomic E-state index is 0.260. The van der Waals surface area contributed by atoms with E-state index in [1.165, 1.54) is 12.1 Å². The summed E-state index contributed by atoms with van der Waals surface area (Å²) in [6.45, 7) is 4.64. The van der Waals surface area contributed by atoms with Gasteiger partial charge in [-0.05, 0) is 43.7 Å². The average Bonchev–Trinajstić information content (AvgIpc) is 2.75. The van der Waals surface area contributed by atoms with Crippen LogP contribution < -0.4 is 5.32 Å². The topological polar surface area (TPSA) is 25.2 Å². The Morgan fingerprint density at radius 1 is 1.21 bits per heavy atom. The van der Waals surface area contributed by atoms with Crippen LogP contribution in [-0.2, 0) is 0 Å². The molecule has 102 valence electrons. The standard InChI is InChI=1S/C15H17F2NO/c1-3-5-18-15(14-4-6-19-10(14)2)11-7-12(16)9-13(17)8-11/h4,6-9,15,18H,3,5H2,1-2H3. The molecular formula is C15H17F2NO. The number of aryl methyl sites for hydroxylation is 1. The molecule has 2 nitrogen and oxygen atoms in total. The van der Waals surface area contributed by atoms with Crippen molar-refractivity contribution in [2.45, 2.75) is 26.3 Å². The maximum atomic E-state index is 13.4. The number of halogens is 2. The van der Waals surface area contributed by atoms with Crippen LogP contribution in [0.4, 0.5) is 8.78 Å². The predicted octanol–water partition coefficient (Wildman–Crippen LogP) is 3.96. The van der Waals surface area contributed by atoms with Crippen LogP contribution in [-0.4, -0.2) is 6.54 Å². The molecule has 0 bridgehead atoms. The smallest absolute Gasteiger partial charge is 0.126 e. The molecule has 0 fully saturated rings. The second-order valence-corrected chi connectivity index (χ2v) is 4.52. The van der Waals surface area contributed by atoms with Crippen LogP contribution >= 0.6 is 0 Å². The van der Waals surface area contributed by atoms with Crippen molar-refractivity contribution in [3.8, 4) is 0 Å². The Morgan fingerprint density at radius 2 is 1.89 bits per heavy atom. The van der Waals surface area contributed by atoms with Crippen molar-refractivity contribution in [2.75, 3.05) is 6.54 Å². The van der Waals surface area contributed by atoms with Gasteiger partial charge in [0.2, 0.25) is 0 Å². The lowest BCUT2D eigenvalue weighted by Crippen LogP contribution is -2.23. The fourth-order valence-electron chi connectivity index (χ4n) is 2.13. The summed E-state index contributed by atoms with van der Waals surface area (Å²) < 4.78 is 32.0. The number of hydrogen-bond donors (Lipinski definition) is 1. The monoisotopic (exact) mass is 265 g/mol. The lowest BCUT2D eigenvalue weighted by Gasteiger charge is -2.19. The lowest BCUT2D eigenvalue weighted by atomic mass is 9.99. The molecule has 0 saturated carbocycles. The van der Waals surface area contributed by atoms with Crippen molar-refractivity contribution in [1.29, 1.82) is 0 Å². The zero-order valence-corrected chi connectivity index (χ0v) is 11.0. The zero-order chi connectivity index (χ0) is 13.8. The second kappa shape index (κ2) is 5.97. The molecular weight excluding hydrogens is 248 g/mol. The van der Waals surface area contributed by atoms with E-state index in [2.05, 4.69) is 5.32 Å². The molecule has 1 aromatic heterocycles. The highest BCUT2D eigenvalue weighted by Crippen LogP contribution is 2.26. The quantitative estimate of drug-likeness (QED) is 0.885. The largest absolute Gasteiger partial charge is 0.469 e. The highest BCUT2D eigenvalue weighted by Gasteiger charge is 2.18. The minimum Gasteiger partial charge on any atom is -0.469 e. The first-order valence-corrected chi connectivity index (χ1v) is 6.35. The third-order valence-corrected chi connectivity index (χ3v) is 3.03. The van der Waals surface area contributed by atoms with Gasteiger partial charge in [0.1, 0.15) is 17.4 Å². The number of benzene rings is 1. The Morgan fingerprint density at radius 3 is 2.42 bits per heavy atom. The molecule has 2 aromatic rings. The van der Waals surface area contributed by atoms with Gasteiger partial charge in [-0.1, -0.05) is 6.92 Å². The van der Waals surface area contributed by atoms with Crippen molar-refractivity contribution in [2.24, 2.45) is 0 Å². The second-order valence-electron chi connectivity index (χ2n) is 4.52. The molecule has 1 aromatic carbocycles. The fraction of sp³-hybridized carbons (Fsp3) is 0.333. The zero-order valence-electron chi connectivity index (χ0n) is 11.0. The van der Waals surface area contributed by atoms with Gasteiger partial charge < -0.3 is 9.73 Å². The van der Waals surface area contributed by atoms with Gasteiger partial charge in [0.15, 0.2) is 0 Å². The number of nitrogens with one attached hydrogen (secondary N) is 1. The van der Waals surface area contributed by atoms with Crippen molar-refractivity contribution < 1.29 is 13.2 Å². The number of hydrogen-bond acceptors (Lipinski definition) is 2. The van der Waals surface area contributed by atoms with Gasteiger partial charge in [0.25, 0.3) is 0 Å². The van der Waals surface area contributed by atoms with Gasteiger partial charge in [-0.2, -0.15) is 0 Å². The molecule has 0 aliphatic heterocycles. The van der Waals surface area contributed by atoms with E-state index >= 15 is 0 Å². The third-order valence-electron chi connectivity index (χ3n) is 3.03. The molecule has 1 N–H and O–H groups in total. The van der Waals surface area contributed by atoms with Crippen LogP contribution in [0.1, 0.15) is 36.3 Å². The van der Waals surface area contributed by atoms with E-state index in [9.17, 15) is 8.78 Å². The van der Waals surface area contributed by atoms with Gasteiger partial charge >= 0.3 is 0 Å². The van der Waals surface area contributed by atoms with Gasteiger partial charge in [-0.25, -0.2) is 8.78 Å². The Hall–Kier alpha value is -1.68. The summed E-state index contributed by atoms with van der Waals surface area (Å²) in [5.74, 6) is -0.392. The predicted molar refractivity (Wildman–Crippen MR) is 69.9 cm³/mol. The van der Waals surface area contributed by atoms with Crippen LogP contribution in [0, 0.1) is 18.6 Å². The van der Waals surface area contributed by atoms with Crippen LogP contribution in [0.5, 0.6) is 0 Å². The molecule has 0 spiro atoms. The van der Waals surface area contributed by atoms with E-state index in [-0.39, 0.29) is 6.04 Å². The summed E-state index contributed by atoms with van der Waals surface area (Å²) in [6.07, 6.45) is 2.52. The van der Waals surface area contributed by atoms with Crippen LogP contribution in [0.3, 0.4) is 0 Å². The first kappa shape index (κ1) is 13.7. The highest BCUT2D eigenvalue weighted by molar-refractivity contribution is 5.33. The first-order chi connectivity index (χ1) is 9.11. The summed E-state index contributed by atoms with van der Waals surface area (Å²) in [6, 6.07) is 5.14. The van der Waals surface area contributed by atoms with Gasteiger partial charge in [0.05, 0.1) is 12.3 Å². The summed E-state index contributed by atoms with van der Waals surface area (Å²) in [5.41, 5.74) is 1.47. The van der Waals surface area contributed by atoms with Crippen molar-refractivity contribution in [1.82, 2.24) is 5.32 Å². The first-order valence-electron chi connectivity index (χ1n) is 6.35. The summed E-state index contributed by atoms with van der Waals surface area (Å²) in [7, 11) is 0. The fourth-order valence-corrected chi connectivity index (χ4v) is 2.13. The van der Waals surface area contributed by atoms with Crippen molar-refractivity contribution >= 4 is 0 Å². The Balaban J connectivity index is 2.39. The number of furan rings is 1. The van der Waals surface area contributed by atoms with Crippen molar-refractivity contribution in [3.63, 3.8) is 0 Å². The summed E-state index contributed by atoms with van der Waals surface area (Å²) in [5, 5.41) is 3.29. The van der Waals surface area contributed by atoms with Crippen molar-refractivity contribution in [3.05, 3.63) is 59.1 Å². The molecule has 2 rings (SSSR count). The molecule has 0 saturated heterocycles. The Labute approximate surface area is 111 Å². The normalized spacial score (nSPS) is 12.6. The molecule has 1 atom stereocenters. The van der Waals surface area contributed by atoms with E-state index in [4.69, 9.17) is 4.42 Å². The van der Waals surface area contributed by atoms with Gasteiger partial charge in [0, 0.05) is 11.6 Å². The van der Waals surface area contributed by atoms with E-state index in [0.29, 0.717) is 5.56 Å². The molecule has 0 radical (unpaired) electrons. The number of rotatable bonds is 5. The maximum absolute atomic E-state index is 13.4. The van der Waals surface area contributed by atoms with E-state index in [0.717, 1.165) is 30.4 Å². The molecule has 19 heavy (non-hydrogen) atoms. The van der Waals surface area contributed by atoms with Gasteiger partial charge in [-0.15, -0.1) is 0 Å². The molecule has 0 aliphatic rings. The molecule has 1 heterocycles. The van der Waals surface area contributed by atoms with E-state index in [1.807, 2.05) is 19.9 Å². The van der Waals surface area contributed by atoms with E-state index in [1.54, 1.807) is 6.26 Å².